The van der Waals surface area contributed by atoms with E-state index in [9.17, 15) is 14.4 Å². The van der Waals surface area contributed by atoms with Crippen molar-refractivity contribution < 1.29 is 24.2 Å². The molecule has 1 atom stereocenters. The van der Waals surface area contributed by atoms with Crippen LogP contribution in [0.2, 0.25) is 0 Å². The molecule has 1 saturated heterocycles. The fraction of sp³-hybridized carbons (Fsp3) is 0.211. The highest BCUT2D eigenvalue weighted by Crippen LogP contribution is 2.27. The standard InChI is InChI=1S/C19H18N2O5/c22-17(20-14-4-2-1-3-5-14)12-26-16-8-6-15(7-9-16)21-11-13(19(24)25)10-18(21)23/h1-9,13H,10-12H2,(H,20,22)(H,24,25). The maximum atomic E-state index is 11.9. The molecule has 2 aromatic carbocycles. The summed E-state index contributed by atoms with van der Waals surface area (Å²) in [5.74, 6) is -1.66. The van der Waals surface area contributed by atoms with Crippen LogP contribution in [-0.2, 0) is 14.4 Å². The van der Waals surface area contributed by atoms with Crippen molar-refractivity contribution in [1.29, 1.82) is 0 Å². The van der Waals surface area contributed by atoms with Gasteiger partial charge in [0.05, 0.1) is 5.92 Å². The highest BCUT2D eigenvalue weighted by atomic mass is 16.5. The van der Waals surface area contributed by atoms with Crippen molar-refractivity contribution in [1.82, 2.24) is 0 Å². The topological polar surface area (TPSA) is 95.9 Å². The van der Waals surface area contributed by atoms with Crippen molar-refractivity contribution in [3.8, 4) is 5.75 Å². The van der Waals surface area contributed by atoms with Crippen molar-refractivity contribution in [3.63, 3.8) is 0 Å². The molecule has 26 heavy (non-hydrogen) atoms. The number of carbonyl (C=O) groups is 3. The number of anilines is 2. The first kappa shape index (κ1) is 17.5. The molecule has 2 amide bonds. The van der Waals surface area contributed by atoms with Crippen LogP contribution < -0.4 is 15.0 Å². The van der Waals surface area contributed by atoms with Crippen molar-refractivity contribution in [2.75, 3.05) is 23.4 Å². The predicted molar refractivity (Wildman–Crippen MR) is 95.1 cm³/mol. The van der Waals surface area contributed by atoms with Crippen LogP contribution in [0.3, 0.4) is 0 Å². The van der Waals surface area contributed by atoms with E-state index in [4.69, 9.17) is 9.84 Å². The highest BCUT2D eigenvalue weighted by Gasteiger charge is 2.34. The molecule has 1 unspecified atom stereocenters. The second kappa shape index (κ2) is 7.69. The molecule has 0 aromatic heterocycles. The molecule has 0 bridgehead atoms. The van der Waals surface area contributed by atoms with E-state index in [1.807, 2.05) is 18.2 Å². The second-order valence-electron chi connectivity index (χ2n) is 5.94. The number of para-hydroxylation sites is 1. The van der Waals surface area contributed by atoms with Gasteiger partial charge in [0.25, 0.3) is 5.91 Å². The highest BCUT2D eigenvalue weighted by molar-refractivity contribution is 5.99. The van der Waals surface area contributed by atoms with E-state index in [-0.39, 0.29) is 31.4 Å². The summed E-state index contributed by atoms with van der Waals surface area (Å²) in [4.78, 5) is 36.3. The van der Waals surface area contributed by atoms with E-state index >= 15 is 0 Å². The minimum Gasteiger partial charge on any atom is -0.484 e. The minimum absolute atomic E-state index is 0.00718. The second-order valence-corrected chi connectivity index (χ2v) is 5.94. The summed E-state index contributed by atoms with van der Waals surface area (Å²) >= 11 is 0. The number of amides is 2. The summed E-state index contributed by atoms with van der Waals surface area (Å²) in [6, 6.07) is 15.7. The van der Waals surface area contributed by atoms with Gasteiger partial charge in [0.1, 0.15) is 5.75 Å². The molecular formula is C19H18N2O5. The molecule has 134 valence electrons. The Balaban J connectivity index is 1.54. The smallest absolute Gasteiger partial charge is 0.308 e. The monoisotopic (exact) mass is 354 g/mol. The van der Waals surface area contributed by atoms with Gasteiger partial charge in [-0.3, -0.25) is 14.4 Å². The molecule has 2 aromatic rings. The lowest BCUT2D eigenvalue weighted by molar-refractivity contribution is -0.141. The molecule has 1 aliphatic rings. The average molecular weight is 354 g/mol. The number of benzene rings is 2. The first-order valence-corrected chi connectivity index (χ1v) is 8.14. The summed E-state index contributed by atoms with van der Waals surface area (Å²) in [5, 5.41) is 11.7. The zero-order chi connectivity index (χ0) is 18.5. The Morgan fingerprint density at radius 2 is 1.81 bits per heavy atom. The summed E-state index contributed by atoms with van der Waals surface area (Å²) in [6.07, 6.45) is 0.00718. The van der Waals surface area contributed by atoms with Crippen LogP contribution >= 0.6 is 0 Å². The van der Waals surface area contributed by atoms with E-state index < -0.39 is 11.9 Å². The number of nitrogens with zero attached hydrogens (tertiary/aromatic N) is 1. The summed E-state index contributed by atoms with van der Waals surface area (Å²) in [5.41, 5.74) is 1.30. The number of carbonyl (C=O) groups excluding carboxylic acids is 2. The largest absolute Gasteiger partial charge is 0.484 e. The SMILES string of the molecule is O=C(COc1ccc(N2CC(C(=O)O)CC2=O)cc1)Nc1ccccc1. The number of ether oxygens (including phenoxy) is 1. The van der Waals surface area contributed by atoms with Crippen molar-refractivity contribution in [2.45, 2.75) is 6.42 Å². The van der Waals surface area contributed by atoms with E-state index in [0.717, 1.165) is 0 Å². The number of aliphatic carboxylic acids is 1. The number of rotatable bonds is 6. The Morgan fingerprint density at radius 1 is 1.12 bits per heavy atom. The molecule has 3 rings (SSSR count). The predicted octanol–water partition coefficient (Wildman–Crippen LogP) is 2.14. The van der Waals surface area contributed by atoms with Crippen LogP contribution in [0.15, 0.2) is 54.6 Å². The van der Waals surface area contributed by atoms with Crippen LogP contribution in [0.5, 0.6) is 5.75 Å². The number of hydrogen-bond acceptors (Lipinski definition) is 4. The minimum atomic E-state index is -0.967. The van der Waals surface area contributed by atoms with Gasteiger partial charge in [0, 0.05) is 24.3 Å². The first-order chi connectivity index (χ1) is 12.5. The normalized spacial score (nSPS) is 16.4. The third-order valence-electron chi connectivity index (χ3n) is 4.05. The Hall–Kier alpha value is -3.35. The fourth-order valence-electron chi connectivity index (χ4n) is 2.71. The summed E-state index contributed by atoms with van der Waals surface area (Å²) < 4.78 is 5.43. The van der Waals surface area contributed by atoms with Crippen LogP contribution in [0.25, 0.3) is 0 Å². The van der Waals surface area contributed by atoms with Gasteiger partial charge >= 0.3 is 5.97 Å². The fourth-order valence-corrected chi connectivity index (χ4v) is 2.71. The Kier molecular flexibility index (Phi) is 5.17. The lowest BCUT2D eigenvalue weighted by Gasteiger charge is -2.16. The Bertz CT molecular complexity index is 804. The molecule has 1 aliphatic heterocycles. The number of carboxylic acids is 1. The van der Waals surface area contributed by atoms with Gasteiger partial charge in [0.15, 0.2) is 6.61 Å². The van der Waals surface area contributed by atoms with Gasteiger partial charge in [-0.15, -0.1) is 0 Å². The van der Waals surface area contributed by atoms with Crippen LogP contribution in [0.4, 0.5) is 11.4 Å². The molecule has 0 spiro atoms. The average Bonchev–Trinajstić information content (AvgIpc) is 3.03. The van der Waals surface area contributed by atoms with E-state index in [2.05, 4.69) is 5.32 Å². The molecule has 7 heteroatoms. The third-order valence-corrected chi connectivity index (χ3v) is 4.05. The van der Waals surface area contributed by atoms with E-state index in [1.165, 1.54) is 4.90 Å². The van der Waals surface area contributed by atoms with Crippen molar-refractivity contribution in [2.24, 2.45) is 5.92 Å². The van der Waals surface area contributed by atoms with Gasteiger partial charge in [-0.25, -0.2) is 0 Å². The lowest BCUT2D eigenvalue weighted by atomic mass is 10.1. The molecule has 0 saturated carbocycles. The zero-order valence-corrected chi connectivity index (χ0v) is 13.9. The van der Waals surface area contributed by atoms with Crippen LogP contribution in [0.1, 0.15) is 6.42 Å². The summed E-state index contributed by atoms with van der Waals surface area (Å²) in [7, 11) is 0. The number of carboxylic acid groups (broad SMARTS) is 1. The van der Waals surface area contributed by atoms with Gasteiger partial charge in [-0.2, -0.15) is 0 Å². The van der Waals surface area contributed by atoms with Gasteiger partial charge < -0.3 is 20.1 Å². The third kappa shape index (κ3) is 4.18. The molecule has 0 aliphatic carbocycles. The molecule has 7 nitrogen and oxygen atoms in total. The number of nitrogens with one attached hydrogen (secondary N) is 1. The Labute approximate surface area is 150 Å². The van der Waals surface area contributed by atoms with Crippen LogP contribution in [-0.4, -0.2) is 36.0 Å². The van der Waals surface area contributed by atoms with Crippen molar-refractivity contribution >= 4 is 29.2 Å². The lowest BCUT2D eigenvalue weighted by Crippen LogP contribution is -2.25. The van der Waals surface area contributed by atoms with Crippen molar-refractivity contribution in [3.05, 3.63) is 54.6 Å². The number of hydrogen-bond donors (Lipinski definition) is 2. The summed E-state index contributed by atoms with van der Waals surface area (Å²) in [6.45, 7) is 0.0197. The Morgan fingerprint density at radius 3 is 2.42 bits per heavy atom. The first-order valence-electron chi connectivity index (χ1n) is 8.14. The van der Waals surface area contributed by atoms with Crippen LogP contribution in [0, 0.1) is 5.92 Å². The van der Waals surface area contributed by atoms with E-state index in [1.54, 1.807) is 36.4 Å². The van der Waals surface area contributed by atoms with E-state index in [0.29, 0.717) is 17.1 Å². The molecule has 0 radical (unpaired) electrons. The maximum absolute atomic E-state index is 11.9. The van der Waals surface area contributed by atoms with Gasteiger partial charge in [-0.05, 0) is 36.4 Å². The zero-order valence-electron chi connectivity index (χ0n) is 13.9. The van der Waals surface area contributed by atoms with Gasteiger partial charge in [-0.1, -0.05) is 18.2 Å². The molecule has 2 N–H and O–H groups in total. The molecular weight excluding hydrogens is 336 g/mol. The van der Waals surface area contributed by atoms with Gasteiger partial charge in [0.2, 0.25) is 5.91 Å². The molecule has 1 heterocycles. The maximum Gasteiger partial charge on any atom is 0.308 e. The molecule has 1 fully saturated rings. The quantitative estimate of drug-likeness (QED) is 0.829.